The standard InChI is InChI=1S/C14H21NO3/c1-5-10-18-12-8-6-11(7-9-12)14(2,13(16)17)15(3)4/h6-9H,5,10H2,1-4H3,(H,16,17). The summed E-state index contributed by atoms with van der Waals surface area (Å²) < 4.78 is 5.48. The minimum atomic E-state index is -1.02. The van der Waals surface area contributed by atoms with Gasteiger partial charge in [-0.05, 0) is 45.1 Å². The molecule has 0 aliphatic rings. The summed E-state index contributed by atoms with van der Waals surface area (Å²) in [4.78, 5) is 13.1. The summed E-state index contributed by atoms with van der Waals surface area (Å²) in [6.45, 7) is 4.41. The van der Waals surface area contributed by atoms with Gasteiger partial charge in [-0.3, -0.25) is 4.90 Å². The predicted molar refractivity (Wildman–Crippen MR) is 70.9 cm³/mol. The van der Waals surface area contributed by atoms with Gasteiger partial charge in [0.15, 0.2) is 0 Å². The largest absolute Gasteiger partial charge is 0.494 e. The Balaban J connectivity index is 2.98. The first-order valence-electron chi connectivity index (χ1n) is 6.07. The van der Waals surface area contributed by atoms with Crippen LogP contribution >= 0.6 is 0 Å². The van der Waals surface area contributed by atoms with Crippen molar-refractivity contribution in [2.45, 2.75) is 25.8 Å². The number of carboxylic acid groups (broad SMARTS) is 1. The molecule has 1 aromatic carbocycles. The molecule has 0 fully saturated rings. The summed E-state index contributed by atoms with van der Waals surface area (Å²) in [5, 5.41) is 9.39. The van der Waals surface area contributed by atoms with Crippen LogP contribution in [0.1, 0.15) is 25.8 Å². The molecule has 0 aliphatic carbocycles. The Labute approximate surface area is 108 Å². The molecule has 1 aromatic rings. The highest BCUT2D eigenvalue weighted by atomic mass is 16.5. The fourth-order valence-corrected chi connectivity index (χ4v) is 1.67. The molecule has 4 nitrogen and oxygen atoms in total. The van der Waals surface area contributed by atoms with E-state index < -0.39 is 11.5 Å². The first-order chi connectivity index (χ1) is 8.42. The van der Waals surface area contributed by atoms with E-state index in [0.29, 0.717) is 6.61 Å². The Morgan fingerprint density at radius 1 is 1.33 bits per heavy atom. The molecule has 0 saturated heterocycles. The smallest absolute Gasteiger partial charge is 0.328 e. The summed E-state index contributed by atoms with van der Waals surface area (Å²) in [5.74, 6) is -0.0955. The maximum Gasteiger partial charge on any atom is 0.328 e. The van der Waals surface area contributed by atoms with Crippen LogP contribution in [0.3, 0.4) is 0 Å². The summed E-state index contributed by atoms with van der Waals surface area (Å²) in [7, 11) is 3.52. The molecule has 0 saturated carbocycles. The first kappa shape index (κ1) is 14.5. The third-order valence-corrected chi connectivity index (χ3v) is 3.20. The number of ether oxygens (including phenoxy) is 1. The molecule has 0 spiro atoms. The number of hydrogen-bond donors (Lipinski definition) is 1. The summed E-state index contributed by atoms with van der Waals surface area (Å²) in [6.07, 6.45) is 0.951. The van der Waals surface area contributed by atoms with E-state index in [1.165, 1.54) is 0 Å². The van der Waals surface area contributed by atoms with Crippen LogP contribution in [0.4, 0.5) is 0 Å². The van der Waals surface area contributed by atoms with Crippen LogP contribution in [-0.4, -0.2) is 36.7 Å². The van der Waals surface area contributed by atoms with E-state index in [4.69, 9.17) is 4.74 Å². The summed E-state index contributed by atoms with van der Waals surface area (Å²) >= 11 is 0. The van der Waals surface area contributed by atoms with E-state index in [2.05, 4.69) is 0 Å². The summed E-state index contributed by atoms with van der Waals surface area (Å²) in [6, 6.07) is 7.24. The lowest BCUT2D eigenvalue weighted by atomic mass is 9.91. The van der Waals surface area contributed by atoms with Gasteiger partial charge >= 0.3 is 5.97 Å². The van der Waals surface area contributed by atoms with Crippen molar-refractivity contribution in [3.8, 4) is 5.75 Å². The Hall–Kier alpha value is -1.55. The number of nitrogens with zero attached hydrogens (tertiary/aromatic N) is 1. The van der Waals surface area contributed by atoms with Crippen LogP contribution in [-0.2, 0) is 10.3 Å². The highest BCUT2D eigenvalue weighted by Gasteiger charge is 2.37. The highest BCUT2D eigenvalue weighted by molar-refractivity contribution is 5.80. The lowest BCUT2D eigenvalue weighted by molar-refractivity contribution is -0.149. The predicted octanol–water partition coefficient (Wildman–Crippen LogP) is 2.34. The van der Waals surface area contributed by atoms with Gasteiger partial charge in [-0.25, -0.2) is 4.79 Å². The van der Waals surface area contributed by atoms with Gasteiger partial charge in [0, 0.05) is 0 Å². The molecule has 0 heterocycles. The van der Waals surface area contributed by atoms with Gasteiger partial charge in [-0.2, -0.15) is 0 Å². The molecule has 0 aliphatic heterocycles. The van der Waals surface area contributed by atoms with E-state index in [0.717, 1.165) is 17.7 Å². The van der Waals surface area contributed by atoms with Gasteiger partial charge in [-0.15, -0.1) is 0 Å². The SMILES string of the molecule is CCCOc1ccc(C(C)(C(=O)O)N(C)C)cc1. The number of hydrogen-bond acceptors (Lipinski definition) is 3. The minimum absolute atomic E-state index is 0.670. The molecule has 0 amide bonds. The monoisotopic (exact) mass is 251 g/mol. The van der Waals surface area contributed by atoms with E-state index >= 15 is 0 Å². The second kappa shape index (κ2) is 5.87. The minimum Gasteiger partial charge on any atom is -0.494 e. The topological polar surface area (TPSA) is 49.8 Å². The Bertz CT molecular complexity index is 400. The van der Waals surface area contributed by atoms with E-state index in [-0.39, 0.29) is 0 Å². The zero-order chi connectivity index (χ0) is 13.8. The Morgan fingerprint density at radius 3 is 2.28 bits per heavy atom. The van der Waals surface area contributed by atoms with Crippen LogP contribution in [0, 0.1) is 0 Å². The van der Waals surface area contributed by atoms with Crippen molar-refractivity contribution >= 4 is 5.97 Å². The van der Waals surface area contributed by atoms with E-state index in [1.807, 2.05) is 19.1 Å². The molecule has 0 radical (unpaired) electrons. The summed E-state index contributed by atoms with van der Waals surface area (Å²) in [5.41, 5.74) is -0.285. The average molecular weight is 251 g/mol. The van der Waals surface area contributed by atoms with Crippen LogP contribution in [0.5, 0.6) is 5.75 Å². The van der Waals surface area contributed by atoms with Crippen molar-refractivity contribution in [1.29, 1.82) is 0 Å². The van der Waals surface area contributed by atoms with Gasteiger partial charge in [0.05, 0.1) is 6.61 Å². The number of carbonyl (C=O) groups is 1. The zero-order valence-electron chi connectivity index (χ0n) is 11.4. The maximum atomic E-state index is 11.4. The third kappa shape index (κ3) is 2.82. The molecule has 4 heteroatoms. The van der Waals surface area contributed by atoms with Crippen LogP contribution in [0.2, 0.25) is 0 Å². The van der Waals surface area contributed by atoms with Crippen LogP contribution in [0.15, 0.2) is 24.3 Å². The fraction of sp³-hybridized carbons (Fsp3) is 0.500. The normalized spacial score (nSPS) is 14.3. The number of rotatable bonds is 6. The third-order valence-electron chi connectivity index (χ3n) is 3.20. The van der Waals surface area contributed by atoms with Crippen molar-refractivity contribution < 1.29 is 14.6 Å². The fourth-order valence-electron chi connectivity index (χ4n) is 1.67. The van der Waals surface area contributed by atoms with Crippen molar-refractivity contribution in [3.63, 3.8) is 0 Å². The Kier molecular flexibility index (Phi) is 4.73. The lowest BCUT2D eigenvalue weighted by Gasteiger charge is -2.32. The maximum absolute atomic E-state index is 11.4. The molecule has 0 bridgehead atoms. The number of carboxylic acids is 1. The Morgan fingerprint density at radius 2 is 1.89 bits per heavy atom. The first-order valence-corrected chi connectivity index (χ1v) is 6.07. The molecule has 1 rings (SSSR count). The van der Waals surface area contributed by atoms with Crippen molar-refractivity contribution in [2.75, 3.05) is 20.7 Å². The number of likely N-dealkylation sites (N-methyl/N-ethyl adjacent to an activating group) is 1. The van der Waals surface area contributed by atoms with Crippen molar-refractivity contribution in [3.05, 3.63) is 29.8 Å². The van der Waals surface area contributed by atoms with Gasteiger partial charge in [0.25, 0.3) is 0 Å². The molecular formula is C14H21NO3. The zero-order valence-corrected chi connectivity index (χ0v) is 11.4. The number of aliphatic carboxylic acids is 1. The van der Waals surface area contributed by atoms with Gasteiger partial charge < -0.3 is 9.84 Å². The lowest BCUT2D eigenvalue weighted by Crippen LogP contribution is -2.45. The highest BCUT2D eigenvalue weighted by Crippen LogP contribution is 2.28. The van der Waals surface area contributed by atoms with E-state index in [9.17, 15) is 9.90 Å². The van der Waals surface area contributed by atoms with Gasteiger partial charge in [0.2, 0.25) is 0 Å². The van der Waals surface area contributed by atoms with E-state index in [1.54, 1.807) is 38.1 Å². The van der Waals surface area contributed by atoms with Crippen molar-refractivity contribution in [1.82, 2.24) is 4.90 Å². The molecule has 1 unspecified atom stereocenters. The van der Waals surface area contributed by atoms with Crippen LogP contribution in [0.25, 0.3) is 0 Å². The molecule has 1 N–H and O–H groups in total. The molecular weight excluding hydrogens is 230 g/mol. The molecule has 18 heavy (non-hydrogen) atoms. The molecule has 0 aromatic heterocycles. The quantitative estimate of drug-likeness (QED) is 0.843. The average Bonchev–Trinajstić information content (AvgIpc) is 2.35. The molecule has 1 atom stereocenters. The second-order valence-corrected chi connectivity index (χ2v) is 4.64. The number of benzene rings is 1. The van der Waals surface area contributed by atoms with Gasteiger partial charge in [0.1, 0.15) is 11.3 Å². The van der Waals surface area contributed by atoms with Crippen LogP contribution < -0.4 is 4.74 Å². The second-order valence-electron chi connectivity index (χ2n) is 4.64. The van der Waals surface area contributed by atoms with Crippen molar-refractivity contribution in [2.24, 2.45) is 0 Å². The van der Waals surface area contributed by atoms with Gasteiger partial charge in [-0.1, -0.05) is 19.1 Å². The molecule has 100 valence electrons.